The Bertz CT molecular complexity index is 525. The number of aromatic nitrogens is 2. The van der Waals surface area contributed by atoms with Gasteiger partial charge in [0.15, 0.2) is 0 Å². The highest BCUT2D eigenvalue weighted by molar-refractivity contribution is 6.29. The quantitative estimate of drug-likeness (QED) is 0.845. The molecule has 0 saturated carbocycles. The van der Waals surface area contributed by atoms with Gasteiger partial charge in [-0.2, -0.15) is 0 Å². The molecule has 0 aliphatic carbocycles. The number of anilines is 1. The van der Waals surface area contributed by atoms with E-state index in [1.54, 1.807) is 11.0 Å². The number of hydrogen-bond acceptors (Lipinski definition) is 5. The highest BCUT2D eigenvalue weighted by atomic mass is 35.5. The van der Waals surface area contributed by atoms with Crippen molar-refractivity contribution in [2.75, 3.05) is 18.4 Å². The van der Waals surface area contributed by atoms with Crippen LogP contribution >= 0.6 is 11.6 Å². The summed E-state index contributed by atoms with van der Waals surface area (Å²) in [6, 6.07) is 1.81. The molecule has 1 N–H and O–H groups in total. The SMILES string of the molecule is Cc1cc(Cl)nc(NC2CCCN(C(=O)OC(C)(C)C)C2)n1. The standard InChI is InChI=1S/C15H23ClN4O2/c1-10-8-12(16)19-13(17-10)18-11-6-5-7-20(9-11)14(21)22-15(2,3)4/h8,11H,5-7,9H2,1-4H3,(H,17,18,19). The second-order valence-electron chi connectivity index (χ2n) is 6.57. The van der Waals surface area contributed by atoms with Gasteiger partial charge >= 0.3 is 6.09 Å². The van der Waals surface area contributed by atoms with Crippen LogP contribution < -0.4 is 5.32 Å². The van der Waals surface area contributed by atoms with Crippen molar-refractivity contribution in [2.24, 2.45) is 0 Å². The molecule has 6 nitrogen and oxygen atoms in total. The number of ether oxygens (including phenoxy) is 1. The van der Waals surface area contributed by atoms with E-state index >= 15 is 0 Å². The van der Waals surface area contributed by atoms with Gasteiger partial charge in [0.25, 0.3) is 0 Å². The van der Waals surface area contributed by atoms with E-state index in [0.717, 1.165) is 18.5 Å². The topological polar surface area (TPSA) is 67.4 Å². The molecule has 0 aromatic carbocycles. The van der Waals surface area contributed by atoms with E-state index < -0.39 is 5.60 Å². The molecule has 0 bridgehead atoms. The summed E-state index contributed by atoms with van der Waals surface area (Å²) in [7, 11) is 0. The zero-order chi connectivity index (χ0) is 16.3. The molecule has 0 radical (unpaired) electrons. The van der Waals surface area contributed by atoms with E-state index in [0.29, 0.717) is 24.2 Å². The van der Waals surface area contributed by atoms with Crippen LogP contribution in [-0.4, -0.2) is 45.7 Å². The van der Waals surface area contributed by atoms with Gasteiger partial charge in [-0.3, -0.25) is 0 Å². The molecule has 122 valence electrons. The fraction of sp³-hybridized carbons (Fsp3) is 0.667. The zero-order valence-corrected chi connectivity index (χ0v) is 14.3. The molecule has 1 aliphatic heterocycles. The lowest BCUT2D eigenvalue weighted by molar-refractivity contribution is 0.0206. The predicted octanol–water partition coefficient (Wildman–Crippen LogP) is 3.25. The fourth-order valence-corrected chi connectivity index (χ4v) is 2.60. The van der Waals surface area contributed by atoms with E-state index in [-0.39, 0.29) is 12.1 Å². The van der Waals surface area contributed by atoms with Crippen molar-refractivity contribution in [1.82, 2.24) is 14.9 Å². The molecule has 1 aliphatic rings. The molecular formula is C15H23ClN4O2. The summed E-state index contributed by atoms with van der Waals surface area (Å²) in [6.45, 7) is 8.76. The maximum absolute atomic E-state index is 12.1. The summed E-state index contributed by atoms with van der Waals surface area (Å²) in [6.07, 6.45) is 1.59. The second-order valence-corrected chi connectivity index (χ2v) is 6.95. The number of aryl methyl sites for hydroxylation is 1. The normalized spacial score (nSPS) is 19.0. The third-order valence-corrected chi connectivity index (χ3v) is 3.42. The van der Waals surface area contributed by atoms with Crippen molar-refractivity contribution in [2.45, 2.75) is 52.2 Å². The molecule has 1 aromatic rings. The number of nitrogens with one attached hydrogen (secondary N) is 1. The van der Waals surface area contributed by atoms with Crippen LogP contribution in [0.15, 0.2) is 6.07 Å². The fourth-order valence-electron chi connectivity index (χ4n) is 2.36. The van der Waals surface area contributed by atoms with Crippen LogP contribution in [0.25, 0.3) is 0 Å². The molecule has 1 saturated heterocycles. The molecule has 22 heavy (non-hydrogen) atoms. The first-order valence-corrected chi connectivity index (χ1v) is 7.86. The van der Waals surface area contributed by atoms with Crippen LogP contribution in [0, 0.1) is 6.92 Å². The van der Waals surface area contributed by atoms with Crippen molar-refractivity contribution in [3.63, 3.8) is 0 Å². The molecule has 2 rings (SSSR count). The van der Waals surface area contributed by atoms with Gasteiger partial charge in [-0.25, -0.2) is 14.8 Å². The van der Waals surface area contributed by atoms with Crippen molar-refractivity contribution < 1.29 is 9.53 Å². The van der Waals surface area contributed by atoms with Crippen LogP contribution in [-0.2, 0) is 4.74 Å². The van der Waals surface area contributed by atoms with Gasteiger partial charge in [-0.05, 0) is 46.6 Å². The van der Waals surface area contributed by atoms with Crippen molar-refractivity contribution in [3.8, 4) is 0 Å². The summed E-state index contributed by atoms with van der Waals surface area (Å²) < 4.78 is 5.42. The monoisotopic (exact) mass is 326 g/mol. The Morgan fingerprint density at radius 1 is 1.45 bits per heavy atom. The van der Waals surface area contributed by atoms with Gasteiger partial charge < -0.3 is 15.0 Å². The number of piperidine rings is 1. The smallest absolute Gasteiger partial charge is 0.410 e. The molecule has 7 heteroatoms. The van der Waals surface area contributed by atoms with Crippen molar-refractivity contribution in [3.05, 3.63) is 16.9 Å². The van der Waals surface area contributed by atoms with Gasteiger partial charge in [0.2, 0.25) is 5.95 Å². The van der Waals surface area contributed by atoms with E-state index in [1.807, 2.05) is 27.7 Å². The van der Waals surface area contributed by atoms with Crippen molar-refractivity contribution >= 4 is 23.6 Å². The lowest BCUT2D eigenvalue weighted by Gasteiger charge is -2.34. The van der Waals surface area contributed by atoms with Gasteiger partial charge in [0.1, 0.15) is 10.8 Å². The first-order chi connectivity index (χ1) is 10.2. The van der Waals surface area contributed by atoms with Crippen LogP contribution in [0.1, 0.15) is 39.3 Å². The Hall–Kier alpha value is -1.56. The maximum Gasteiger partial charge on any atom is 0.410 e. The minimum Gasteiger partial charge on any atom is -0.444 e. The Balaban J connectivity index is 1.97. The third-order valence-electron chi connectivity index (χ3n) is 3.23. The first-order valence-electron chi connectivity index (χ1n) is 7.48. The van der Waals surface area contributed by atoms with Gasteiger partial charge in [0, 0.05) is 24.8 Å². The molecule has 1 fully saturated rings. The van der Waals surface area contributed by atoms with E-state index in [4.69, 9.17) is 16.3 Å². The minimum absolute atomic E-state index is 0.0964. The lowest BCUT2D eigenvalue weighted by Crippen LogP contribution is -2.47. The Labute approximate surface area is 136 Å². The second kappa shape index (κ2) is 6.69. The van der Waals surface area contributed by atoms with Crippen LogP contribution in [0.4, 0.5) is 10.7 Å². The van der Waals surface area contributed by atoms with Gasteiger partial charge in [0.05, 0.1) is 0 Å². The van der Waals surface area contributed by atoms with E-state index in [2.05, 4.69) is 15.3 Å². The number of carbonyl (C=O) groups excluding carboxylic acids is 1. The number of amides is 1. The Morgan fingerprint density at radius 3 is 2.82 bits per heavy atom. The van der Waals surface area contributed by atoms with Crippen molar-refractivity contribution in [1.29, 1.82) is 0 Å². The average Bonchev–Trinajstić information content (AvgIpc) is 2.35. The van der Waals surface area contributed by atoms with E-state index in [9.17, 15) is 4.79 Å². The van der Waals surface area contributed by atoms with Crippen LogP contribution in [0.2, 0.25) is 5.15 Å². The van der Waals surface area contributed by atoms with Crippen LogP contribution in [0.5, 0.6) is 0 Å². The zero-order valence-electron chi connectivity index (χ0n) is 13.5. The summed E-state index contributed by atoms with van der Waals surface area (Å²) in [5.41, 5.74) is 0.326. The number of likely N-dealkylation sites (tertiary alicyclic amines) is 1. The number of rotatable bonds is 2. The highest BCUT2D eigenvalue weighted by Crippen LogP contribution is 2.18. The van der Waals surface area contributed by atoms with Gasteiger partial charge in [-0.15, -0.1) is 0 Å². The lowest BCUT2D eigenvalue weighted by atomic mass is 10.1. The molecule has 1 atom stereocenters. The number of carbonyl (C=O) groups is 1. The largest absolute Gasteiger partial charge is 0.444 e. The maximum atomic E-state index is 12.1. The third kappa shape index (κ3) is 5.02. The summed E-state index contributed by atoms with van der Waals surface area (Å²) in [5, 5.41) is 3.67. The molecule has 0 spiro atoms. The molecule has 1 aromatic heterocycles. The highest BCUT2D eigenvalue weighted by Gasteiger charge is 2.27. The molecule has 1 unspecified atom stereocenters. The average molecular weight is 327 g/mol. The predicted molar refractivity (Wildman–Crippen MR) is 86.2 cm³/mol. The summed E-state index contributed by atoms with van der Waals surface area (Å²) in [5.74, 6) is 0.501. The number of nitrogens with zero attached hydrogens (tertiary/aromatic N) is 3. The van der Waals surface area contributed by atoms with Gasteiger partial charge in [-0.1, -0.05) is 11.6 Å². The van der Waals surface area contributed by atoms with Crippen LogP contribution in [0.3, 0.4) is 0 Å². The molecule has 1 amide bonds. The molecule has 2 heterocycles. The Kier molecular flexibility index (Phi) is 5.11. The Morgan fingerprint density at radius 2 is 2.18 bits per heavy atom. The van der Waals surface area contributed by atoms with E-state index in [1.165, 1.54) is 0 Å². The number of hydrogen-bond donors (Lipinski definition) is 1. The summed E-state index contributed by atoms with van der Waals surface area (Å²) in [4.78, 5) is 22.4. The minimum atomic E-state index is -0.482. The first kappa shape index (κ1) is 16.8. The molecular weight excluding hydrogens is 304 g/mol. The summed E-state index contributed by atoms with van der Waals surface area (Å²) >= 11 is 5.94. The number of halogens is 1.